The van der Waals surface area contributed by atoms with Crippen LogP contribution in [0.5, 0.6) is 0 Å². The van der Waals surface area contributed by atoms with Crippen LogP contribution in [0.4, 0.5) is 5.13 Å². The lowest BCUT2D eigenvalue weighted by Gasteiger charge is -1.99. The fourth-order valence-electron chi connectivity index (χ4n) is 2.03. The standard InChI is InChI=1S/C14H16N4S/c1-10-3-4-13-12(7-10)17-14(19-13)15-6-5-11-8-16-18(2)9-11/h3-4,7-9H,5-6H2,1-2H3,(H,15,17). The van der Waals surface area contributed by atoms with Crippen molar-refractivity contribution >= 4 is 26.7 Å². The summed E-state index contributed by atoms with van der Waals surface area (Å²) < 4.78 is 3.06. The smallest absolute Gasteiger partial charge is 0.183 e. The molecule has 0 aliphatic rings. The third-order valence-corrected chi connectivity index (χ3v) is 3.99. The number of benzene rings is 1. The van der Waals surface area contributed by atoms with Crippen LogP contribution in [-0.2, 0) is 13.5 Å². The number of hydrogen-bond acceptors (Lipinski definition) is 4. The van der Waals surface area contributed by atoms with E-state index in [0.717, 1.165) is 23.6 Å². The number of anilines is 1. The highest BCUT2D eigenvalue weighted by atomic mass is 32.1. The van der Waals surface area contributed by atoms with Crippen molar-refractivity contribution in [1.29, 1.82) is 0 Å². The highest BCUT2D eigenvalue weighted by Gasteiger charge is 2.03. The molecule has 2 aromatic heterocycles. The SMILES string of the molecule is Cc1ccc2sc(NCCc3cnn(C)c3)nc2c1. The van der Waals surface area contributed by atoms with E-state index in [0.29, 0.717) is 0 Å². The number of fused-ring (bicyclic) bond motifs is 1. The van der Waals surface area contributed by atoms with E-state index in [1.54, 1.807) is 11.3 Å². The highest BCUT2D eigenvalue weighted by molar-refractivity contribution is 7.22. The van der Waals surface area contributed by atoms with Crippen LogP contribution in [0.15, 0.2) is 30.6 Å². The minimum atomic E-state index is 0.879. The Labute approximate surface area is 116 Å². The van der Waals surface area contributed by atoms with Gasteiger partial charge in [0.05, 0.1) is 16.4 Å². The first kappa shape index (κ1) is 12.2. The fraction of sp³-hybridized carbons (Fsp3) is 0.286. The van der Waals surface area contributed by atoms with Gasteiger partial charge >= 0.3 is 0 Å². The second-order valence-electron chi connectivity index (χ2n) is 4.69. The maximum Gasteiger partial charge on any atom is 0.183 e. The summed E-state index contributed by atoms with van der Waals surface area (Å²) in [4.78, 5) is 4.60. The second-order valence-corrected chi connectivity index (χ2v) is 5.72. The zero-order chi connectivity index (χ0) is 13.2. The molecule has 19 heavy (non-hydrogen) atoms. The van der Waals surface area contributed by atoms with Gasteiger partial charge in [0.15, 0.2) is 5.13 Å². The maximum atomic E-state index is 4.60. The Kier molecular flexibility index (Phi) is 3.21. The first-order valence-electron chi connectivity index (χ1n) is 6.29. The Bertz CT molecular complexity index is 698. The highest BCUT2D eigenvalue weighted by Crippen LogP contribution is 2.26. The van der Waals surface area contributed by atoms with Crippen molar-refractivity contribution in [1.82, 2.24) is 14.8 Å². The molecule has 1 N–H and O–H groups in total. The number of nitrogens with one attached hydrogen (secondary N) is 1. The molecule has 0 amide bonds. The van der Waals surface area contributed by atoms with E-state index < -0.39 is 0 Å². The summed E-state index contributed by atoms with van der Waals surface area (Å²) in [6.45, 7) is 2.97. The van der Waals surface area contributed by atoms with Crippen LogP contribution in [0.25, 0.3) is 10.2 Å². The molecule has 2 heterocycles. The van der Waals surface area contributed by atoms with Gasteiger partial charge in [-0.1, -0.05) is 17.4 Å². The van der Waals surface area contributed by atoms with Gasteiger partial charge in [0.25, 0.3) is 0 Å². The van der Waals surface area contributed by atoms with Gasteiger partial charge < -0.3 is 5.32 Å². The Morgan fingerprint density at radius 3 is 3.05 bits per heavy atom. The van der Waals surface area contributed by atoms with Gasteiger partial charge in [-0.3, -0.25) is 4.68 Å². The molecule has 0 saturated carbocycles. The van der Waals surface area contributed by atoms with Crippen molar-refractivity contribution in [2.24, 2.45) is 7.05 Å². The van der Waals surface area contributed by atoms with E-state index >= 15 is 0 Å². The lowest BCUT2D eigenvalue weighted by molar-refractivity contribution is 0.767. The van der Waals surface area contributed by atoms with Gasteiger partial charge in [0, 0.05) is 19.8 Å². The molecule has 0 saturated heterocycles. The summed E-state index contributed by atoms with van der Waals surface area (Å²) in [6, 6.07) is 6.38. The molecule has 0 fully saturated rings. The van der Waals surface area contributed by atoms with Crippen LogP contribution >= 0.6 is 11.3 Å². The maximum absolute atomic E-state index is 4.60. The minimum absolute atomic E-state index is 0.879. The lowest BCUT2D eigenvalue weighted by Crippen LogP contribution is -2.03. The third kappa shape index (κ3) is 2.76. The molecule has 0 atom stereocenters. The molecule has 0 radical (unpaired) electrons. The first-order chi connectivity index (χ1) is 9.20. The van der Waals surface area contributed by atoms with Crippen molar-refractivity contribution < 1.29 is 0 Å². The van der Waals surface area contributed by atoms with Gasteiger partial charge in [-0.25, -0.2) is 4.98 Å². The molecular weight excluding hydrogens is 256 g/mol. The summed E-state index contributed by atoms with van der Waals surface area (Å²) in [7, 11) is 1.94. The number of aryl methyl sites for hydroxylation is 2. The third-order valence-electron chi connectivity index (χ3n) is 2.99. The van der Waals surface area contributed by atoms with Crippen LogP contribution in [0, 0.1) is 6.92 Å². The molecule has 0 spiro atoms. The van der Waals surface area contributed by atoms with Gasteiger partial charge in [0.1, 0.15) is 0 Å². The van der Waals surface area contributed by atoms with Gasteiger partial charge in [-0.15, -0.1) is 0 Å². The van der Waals surface area contributed by atoms with Crippen LogP contribution in [0.3, 0.4) is 0 Å². The van der Waals surface area contributed by atoms with Crippen molar-refractivity contribution in [2.45, 2.75) is 13.3 Å². The van der Waals surface area contributed by atoms with Crippen LogP contribution in [0.2, 0.25) is 0 Å². The summed E-state index contributed by atoms with van der Waals surface area (Å²) in [5, 5.41) is 8.53. The molecule has 3 rings (SSSR count). The Morgan fingerprint density at radius 1 is 1.37 bits per heavy atom. The monoisotopic (exact) mass is 272 g/mol. The summed E-state index contributed by atoms with van der Waals surface area (Å²) >= 11 is 1.70. The molecule has 4 nitrogen and oxygen atoms in total. The molecule has 0 aliphatic carbocycles. The molecule has 98 valence electrons. The Balaban J connectivity index is 1.65. The lowest BCUT2D eigenvalue weighted by atomic mass is 10.2. The molecule has 0 bridgehead atoms. The number of thiazole rings is 1. The largest absolute Gasteiger partial charge is 0.361 e. The van der Waals surface area contributed by atoms with Crippen molar-refractivity contribution in [3.8, 4) is 0 Å². The van der Waals surface area contributed by atoms with E-state index in [-0.39, 0.29) is 0 Å². The summed E-state index contributed by atoms with van der Waals surface area (Å²) in [5.41, 5.74) is 3.57. The van der Waals surface area contributed by atoms with Crippen LogP contribution in [-0.4, -0.2) is 21.3 Å². The fourth-order valence-corrected chi connectivity index (χ4v) is 2.90. The number of rotatable bonds is 4. The van der Waals surface area contributed by atoms with Gasteiger partial charge in [-0.2, -0.15) is 5.10 Å². The van der Waals surface area contributed by atoms with Gasteiger partial charge in [-0.05, 0) is 36.6 Å². The molecule has 3 aromatic rings. The van der Waals surface area contributed by atoms with E-state index in [2.05, 4.69) is 40.5 Å². The molecular formula is C14H16N4S. The second kappa shape index (κ2) is 5.01. The average Bonchev–Trinajstić information content (AvgIpc) is 2.95. The Hall–Kier alpha value is -1.88. The van der Waals surface area contributed by atoms with Crippen molar-refractivity contribution in [3.63, 3.8) is 0 Å². The number of nitrogens with zero attached hydrogens (tertiary/aromatic N) is 3. The zero-order valence-electron chi connectivity index (χ0n) is 11.1. The molecule has 0 aliphatic heterocycles. The van der Waals surface area contributed by atoms with Crippen molar-refractivity contribution in [2.75, 3.05) is 11.9 Å². The minimum Gasteiger partial charge on any atom is -0.361 e. The van der Waals surface area contributed by atoms with E-state index in [9.17, 15) is 0 Å². The first-order valence-corrected chi connectivity index (χ1v) is 7.11. The summed E-state index contributed by atoms with van der Waals surface area (Å²) in [6.07, 6.45) is 4.91. The quantitative estimate of drug-likeness (QED) is 0.794. The van der Waals surface area contributed by atoms with E-state index in [1.807, 2.05) is 24.1 Å². The molecule has 0 unspecified atom stereocenters. The van der Waals surface area contributed by atoms with E-state index in [4.69, 9.17) is 0 Å². The summed E-state index contributed by atoms with van der Waals surface area (Å²) in [5.74, 6) is 0. The van der Waals surface area contributed by atoms with Gasteiger partial charge in [0.2, 0.25) is 0 Å². The van der Waals surface area contributed by atoms with Crippen molar-refractivity contribution in [3.05, 3.63) is 41.7 Å². The average molecular weight is 272 g/mol. The number of hydrogen-bond donors (Lipinski definition) is 1. The number of aromatic nitrogens is 3. The topological polar surface area (TPSA) is 42.7 Å². The predicted molar refractivity (Wildman–Crippen MR) is 79.8 cm³/mol. The molecule has 1 aromatic carbocycles. The normalized spacial score (nSPS) is 11.1. The predicted octanol–water partition coefficient (Wildman–Crippen LogP) is 2.99. The van der Waals surface area contributed by atoms with Crippen LogP contribution < -0.4 is 5.32 Å². The molecule has 5 heteroatoms. The zero-order valence-corrected chi connectivity index (χ0v) is 11.9. The Morgan fingerprint density at radius 2 is 2.26 bits per heavy atom. The van der Waals surface area contributed by atoms with E-state index in [1.165, 1.54) is 15.8 Å². The van der Waals surface area contributed by atoms with Crippen LogP contribution in [0.1, 0.15) is 11.1 Å².